The van der Waals surface area contributed by atoms with E-state index in [4.69, 9.17) is 4.74 Å². The van der Waals surface area contributed by atoms with Crippen molar-refractivity contribution in [3.05, 3.63) is 29.1 Å². The largest absolute Gasteiger partial charge is 0.394 e. The molecule has 1 fully saturated rings. The molecule has 0 saturated carbocycles. The first-order valence-corrected chi connectivity index (χ1v) is 7.57. The third-order valence-corrected chi connectivity index (χ3v) is 3.97. The van der Waals surface area contributed by atoms with Crippen LogP contribution in [0.3, 0.4) is 0 Å². The molecule has 0 spiro atoms. The SMILES string of the molecule is CCNC(C)c1cc(F)c(C)cc1N1CCOC(CO)C1. The van der Waals surface area contributed by atoms with Crippen LogP contribution < -0.4 is 10.2 Å². The van der Waals surface area contributed by atoms with E-state index in [0.29, 0.717) is 18.7 Å². The second-order valence-electron chi connectivity index (χ2n) is 5.56. The third kappa shape index (κ3) is 3.73. The molecule has 1 aliphatic heterocycles. The summed E-state index contributed by atoms with van der Waals surface area (Å²) in [5.74, 6) is -0.175. The van der Waals surface area contributed by atoms with Gasteiger partial charge in [0.1, 0.15) is 5.82 Å². The predicted octanol–water partition coefficient (Wildman–Crippen LogP) is 2.00. The van der Waals surface area contributed by atoms with E-state index in [2.05, 4.69) is 10.2 Å². The zero-order valence-electron chi connectivity index (χ0n) is 13.0. The molecular formula is C16H25FN2O2. The second-order valence-corrected chi connectivity index (χ2v) is 5.56. The molecule has 0 aliphatic carbocycles. The van der Waals surface area contributed by atoms with Crippen molar-refractivity contribution in [3.8, 4) is 0 Å². The Bertz CT molecular complexity index is 482. The van der Waals surface area contributed by atoms with Crippen LogP contribution in [0.5, 0.6) is 0 Å². The van der Waals surface area contributed by atoms with E-state index < -0.39 is 0 Å². The molecule has 1 aromatic carbocycles. The minimum atomic E-state index is -0.175. The molecule has 5 heteroatoms. The van der Waals surface area contributed by atoms with E-state index in [1.54, 1.807) is 13.0 Å². The second kappa shape index (κ2) is 7.20. The number of aliphatic hydroxyl groups excluding tert-OH is 1. The molecule has 0 radical (unpaired) electrons. The summed E-state index contributed by atoms with van der Waals surface area (Å²) in [6.07, 6.45) is -0.175. The lowest BCUT2D eigenvalue weighted by molar-refractivity contribution is 0.00350. The quantitative estimate of drug-likeness (QED) is 0.872. The molecule has 1 aromatic rings. The zero-order valence-corrected chi connectivity index (χ0v) is 13.0. The fourth-order valence-corrected chi connectivity index (χ4v) is 2.77. The Morgan fingerprint density at radius 1 is 1.52 bits per heavy atom. The monoisotopic (exact) mass is 296 g/mol. The van der Waals surface area contributed by atoms with Crippen LogP contribution in [0.25, 0.3) is 0 Å². The van der Waals surface area contributed by atoms with Gasteiger partial charge in [-0.05, 0) is 43.7 Å². The average Bonchev–Trinajstić information content (AvgIpc) is 2.49. The first-order chi connectivity index (χ1) is 10.1. The van der Waals surface area contributed by atoms with Crippen molar-refractivity contribution in [1.29, 1.82) is 0 Å². The fraction of sp³-hybridized carbons (Fsp3) is 0.625. The molecule has 21 heavy (non-hydrogen) atoms. The van der Waals surface area contributed by atoms with Gasteiger partial charge in [-0.2, -0.15) is 0 Å². The van der Waals surface area contributed by atoms with E-state index in [-0.39, 0.29) is 24.6 Å². The highest BCUT2D eigenvalue weighted by Gasteiger charge is 2.24. The minimum Gasteiger partial charge on any atom is -0.394 e. The highest BCUT2D eigenvalue weighted by Crippen LogP contribution is 2.30. The number of anilines is 1. The summed E-state index contributed by atoms with van der Waals surface area (Å²) in [5, 5.41) is 12.6. The van der Waals surface area contributed by atoms with Crippen LogP contribution in [0.1, 0.15) is 31.0 Å². The molecule has 0 amide bonds. The van der Waals surface area contributed by atoms with Crippen molar-refractivity contribution in [3.63, 3.8) is 0 Å². The minimum absolute atomic E-state index is 0.00870. The number of aryl methyl sites for hydroxylation is 1. The number of aliphatic hydroxyl groups is 1. The number of nitrogens with one attached hydrogen (secondary N) is 1. The van der Waals surface area contributed by atoms with E-state index in [1.165, 1.54) is 0 Å². The Hall–Kier alpha value is -1.17. The molecule has 2 unspecified atom stereocenters. The van der Waals surface area contributed by atoms with Gasteiger partial charge in [-0.25, -0.2) is 4.39 Å². The van der Waals surface area contributed by atoms with Gasteiger partial charge in [0.2, 0.25) is 0 Å². The summed E-state index contributed by atoms with van der Waals surface area (Å²) < 4.78 is 19.5. The molecule has 0 aromatic heterocycles. The Balaban J connectivity index is 2.33. The van der Waals surface area contributed by atoms with Crippen LogP contribution in [0.4, 0.5) is 10.1 Å². The van der Waals surface area contributed by atoms with Crippen molar-refractivity contribution in [2.75, 3.05) is 37.7 Å². The number of rotatable bonds is 5. The number of halogens is 1. The first-order valence-electron chi connectivity index (χ1n) is 7.57. The van der Waals surface area contributed by atoms with Crippen LogP contribution in [0.2, 0.25) is 0 Å². The van der Waals surface area contributed by atoms with E-state index in [9.17, 15) is 9.50 Å². The molecule has 4 nitrogen and oxygen atoms in total. The molecule has 0 bridgehead atoms. The maximum Gasteiger partial charge on any atom is 0.126 e. The lowest BCUT2D eigenvalue weighted by Gasteiger charge is -2.36. The summed E-state index contributed by atoms with van der Waals surface area (Å²) in [7, 11) is 0. The van der Waals surface area contributed by atoms with Gasteiger partial charge in [-0.3, -0.25) is 0 Å². The lowest BCUT2D eigenvalue weighted by Crippen LogP contribution is -2.44. The highest BCUT2D eigenvalue weighted by atomic mass is 19.1. The number of nitrogens with zero attached hydrogens (tertiary/aromatic N) is 1. The van der Waals surface area contributed by atoms with Gasteiger partial charge in [0.25, 0.3) is 0 Å². The molecule has 2 N–H and O–H groups in total. The maximum atomic E-state index is 14.0. The molecule has 118 valence electrons. The zero-order chi connectivity index (χ0) is 15.4. The third-order valence-electron chi connectivity index (χ3n) is 3.97. The standard InChI is InChI=1S/C16H25FN2O2/c1-4-18-12(3)14-8-15(17)11(2)7-16(14)19-5-6-21-13(9-19)10-20/h7-8,12-13,18,20H,4-6,9-10H2,1-3H3. The Kier molecular flexibility index (Phi) is 5.56. The van der Waals surface area contributed by atoms with Gasteiger partial charge >= 0.3 is 0 Å². The summed E-state index contributed by atoms with van der Waals surface area (Å²) in [4.78, 5) is 2.18. The lowest BCUT2D eigenvalue weighted by atomic mass is 10.0. The van der Waals surface area contributed by atoms with Gasteiger partial charge in [0, 0.05) is 24.8 Å². The van der Waals surface area contributed by atoms with Crippen LogP contribution >= 0.6 is 0 Å². The normalized spacial score (nSPS) is 20.6. The topological polar surface area (TPSA) is 44.7 Å². The number of hydrogen-bond acceptors (Lipinski definition) is 4. The van der Waals surface area contributed by atoms with Gasteiger partial charge in [0.05, 0.1) is 19.3 Å². The molecule has 2 atom stereocenters. The number of ether oxygens (including phenoxy) is 1. The smallest absolute Gasteiger partial charge is 0.126 e. The fourth-order valence-electron chi connectivity index (χ4n) is 2.77. The first kappa shape index (κ1) is 16.2. The van der Waals surface area contributed by atoms with Gasteiger partial charge < -0.3 is 20.1 Å². The summed E-state index contributed by atoms with van der Waals surface area (Å²) in [6.45, 7) is 8.67. The average molecular weight is 296 g/mol. The van der Waals surface area contributed by atoms with Gasteiger partial charge in [0.15, 0.2) is 0 Å². The summed E-state index contributed by atoms with van der Waals surface area (Å²) in [5.41, 5.74) is 2.63. The molecular weight excluding hydrogens is 271 g/mol. The molecule has 1 aliphatic rings. The van der Waals surface area contributed by atoms with Crippen molar-refractivity contribution in [2.45, 2.75) is 32.9 Å². The van der Waals surface area contributed by atoms with Crippen molar-refractivity contribution in [1.82, 2.24) is 5.32 Å². The van der Waals surface area contributed by atoms with Crippen LogP contribution in [0, 0.1) is 12.7 Å². The van der Waals surface area contributed by atoms with E-state index in [1.807, 2.05) is 19.9 Å². The highest BCUT2D eigenvalue weighted by molar-refractivity contribution is 5.57. The summed E-state index contributed by atoms with van der Waals surface area (Å²) in [6, 6.07) is 3.61. The van der Waals surface area contributed by atoms with E-state index in [0.717, 1.165) is 24.3 Å². The maximum absolute atomic E-state index is 14.0. The molecule has 2 rings (SSSR count). The number of benzene rings is 1. The Labute approximate surface area is 125 Å². The van der Waals surface area contributed by atoms with Crippen molar-refractivity contribution >= 4 is 5.69 Å². The van der Waals surface area contributed by atoms with Crippen molar-refractivity contribution < 1.29 is 14.2 Å². The Morgan fingerprint density at radius 3 is 2.95 bits per heavy atom. The van der Waals surface area contributed by atoms with Gasteiger partial charge in [-0.15, -0.1) is 0 Å². The van der Waals surface area contributed by atoms with Crippen molar-refractivity contribution in [2.24, 2.45) is 0 Å². The molecule has 1 saturated heterocycles. The van der Waals surface area contributed by atoms with Crippen LogP contribution in [-0.2, 0) is 4.74 Å². The van der Waals surface area contributed by atoms with Crippen LogP contribution in [-0.4, -0.2) is 44.1 Å². The Morgan fingerprint density at radius 2 is 2.29 bits per heavy atom. The van der Waals surface area contributed by atoms with Crippen LogP contribution in [0.15, 0.2) is 12.1 Å². The molecule has 1 heterocycles. The number of hydrogen-bond donors (Lipinski definition) is 2. The van der Waals surface area contributed by atoms with Gasteiger partial charge in [-0.1, -0.05) is 6.92 Å². The number of morpholine rings is 1. The summed E-state index contributed by atoms with van der Waals surface area (Å²) >= 11 is 0. The predicted molar refractivity (Wildman–Crippen MR) is 82.3 cm³/mol. The van der Waals surface area contributed by atoms with E-state index >= 15 is 0 Å².